The van der Waals surface area contributed by atoms with E-state index in [4.69, 9.17) is 4.74 Å². The molecule has 5 heteroatoms. The monoisotopic (exact) mass is 326 g/mol. The molecule has 2 N–H and O–H groups in total. The number of rotatable bonds is 7. The summed E-state index contributed by atoms with van der Waals surface area (Å²) >= 11 is 0. The number of halogens is 1. The van der Waals surface area contributed by atoms with E-state index in [-0.39, 0.29) is 24.4 Å². The van der Waals surface area contributed by atoms with Crippen molar-refractivity contribution in [2.24, 2.45) is 0 Å². The Morgan fingerprint density at radius 1 is 1.41 bits per heavy atom. The molecule has 0 spiro atoms. The standard InChI is InChI=1S/C17H26N2O2.ClH/c1-3-15(14-9-5-6-10-16(14)21-4-2)19-17(20)12-13-8-7-11-18-13;/h5-6,9-10,13,15,18H,3-4,7-8,11-12H2,1-2H3,(H,19,20);1H. The van der Waals surface area contributed by atoms with Gasteiger partial charge in [-0.2, -0.15) is 0 Å². The lowest BCUT2D eigenvalue weighted by Gasteiger charge is -2.21. The molecule has 4 nitrogen and oxygen atoms in total. The van der Waals surface area contributed by atoms with Crippen molar-refractivity contribution in [2.45, 2.75) is 51.6 Å². The Hall–Kier alpha value is -1.26. The molecular weight excluding hydrogens is 300 g/mol. The van der Waals surface area contributed by atoms with E-state index in [0.29, 0.717) is 19.1 Å². The molecule has 0 aliphatic carbocycles. The van der Waals surface area contributed by atoms with Crippen molar-refractivity contribution in [3.63, 3.8) is 0 Å². The Labute approximate surface area is 139 Å². The molecule has 1 saturated heterocycles. The summed E-state index contributed by atoms with van der Waals surface area (Å²) in [4.78, 5) is 12.2. The molecule has 0 saturated carbocycles. The fraction of sp³-hybridized carbons (Fsp3) is 0.588. The molecular formula is C17H27ClN2O2. The summed E-state index contributed by atoms with van der Waals surface area (Å²) in [6.45, 7) is 5.72. The van der Waals surface area contributed by atoms with Crippen LogP contribution in [0.4, 0.5) is 0 Å². The van der Waals surface area contributed by atoms with Gasteiger partial charge in [0.15, 0.2) is 0 Å². The first kappa shape index (κ1) is 18.8. The molecule has 1 aromatic carbocycles. The van der Waals surface area contributed by atoms with Crippen LogP contribution in [0.15, 0.2) is 24.3 Å². The Kier molecular flexibility index (Phi) is 8.28. The van der Waals surface area contributed by atoms with E-state index in [2.05, 4.69) is 17.6 Å². The Morgan fingerprint density at radius 2 is 2.18 bits per heavy atom. The third-order valence-corrected chi connectivity index (χ3v) is 3.93. The average molecular weight is 327 g/mol. The molecule has 1 aliphatic rings. The predicted molar refractivity (Wildman–Crippen MR) is 91.7 cm³/mol. The van der Waals surface area contributed by atoms with Crippen LogP contribution in [0.2, 0.25) is 0 Å². The Morgan fingerprint density at radius 3 is 2.82 bits per heavy atom. The van der Waals surface area contributed by atoms with Crippen molar-refractivity contribution in [2.75, 3.05) is 13.2 Å². The van der Waals surface area contributed by atoms with Gasteiger partial charge >= 0.3 is 0 Å². The minimum Gasteiger partial charge on any atom is -0.494 e. The first-order valence-electron chi connectivity index (χ1n) is 7.99. The van der Waals surface area contributed by atoms with Crippen LogP contribution in [0.1, 0.15) is 51.1 Å². The van der Waals surface area contributed by atoms with Crippen LogP contribution < -0.4 is 15.4 Å². The number of hydrogen-bond acceptors (Lipinski definition) is 3. The summed E-state index contributed by atoms with van der Waals surface area (Å²) in [6, 6.07) is 8.31. The van der Waals surface area contributed by atoms with Gasteiger partial charge in [-0.05, 0) is 38.8 Å². The van der Waals surface area contributed by atoms with Gasteiger partial charge in [0.25, 0.3) is 0 Å². The van der Waals surface area contributed by atoms with Gasteiger partial charge in [-0.3, -0.25) is 4.79 Å². The second-order valence-electron chi connectivity index (χ2n) is 5.50. The maximum atomic E-state index is 12.2. The Balaban J connectivity index is 0.00000242. The molecule has 2 rings (SSSR count). The highest BCUT2D eigenvalue weighted by Gasteiger charge is 2.21. The highest BCUT2D eigenvalue weighted by atomic mass is 35.5. The smallest absolute Gasteiger partial charge is 0.222 e. The third-order valence-electron chi connectivity index (χ3n) is 3.93. The molecule has 0 aromatic heterocycles. The molecule has 22 heavy (non-hydrogen) atoms. The molecule has 0 radical (unpaired) electrons. The highest BCUT2D eigenvalue weighted by Crippen LogP contribution is 2.27. The number of carbonyl (C=O) groups excluding carboxylic acids is 1. The number of para-hydroxylation sites is 1. The molecule has 1 amide bonds. The van der Waals surface area contributed by atoms with E-state index in [1.165, 1.54) is 6.42 Å². The molecule has 2 atom stereocenters. The minimum absolute atomic E-state index is 0. The van der Waals surface area contributed by atoms with Gasteiger partial charge in [-0.1, -0.05) is 25.1 Å². The van der Waals surface area contributed by atoms with Crippen LogP contribution in [0.3, 0.4) is 0 Å². The normalized spacial score (nSPS) is 18.4. The van der Waals surface area contributed by atoms with Crippen molar-refractivity contribution >= 4 is 18.3 Å². The zero-order valence-electron chi connectivity index (χ0n) is 13.4. The quantitative estimate of drug-likeness (QED) is 0.809. The fourth-order valence-electron chi connectivity index (χ4n) is 2.86. The average Bonchev–Trinajstić information content (AvgIpc) is 2.99. The second kappa shape index (κ2) is 9.70. The van der Waals surface area contributed by atoms with Crippen LogP contribution in [-0.4, -0.2) is 25.1 Å². The lowest BCUT2D eigenvalue weighted by atomic mass is 10.0. The SMILES string of the molecule is CCOc1ccccc1C(CC)NC(=O)CC1CCCN1.Cl. The minimum atomic E-state index is 0. The van der Waals surface area contributed by atoms with Crippen molar-refractivity contribution in [1.29, 1.82) is 0 Å². The van der Waals surface area contributed by atoms with Crippen LogP contribution in [0, 0.1) is 0 Å². The van der Waals surface area contributed by atoms with Crippen LogP contribution >= 0.6 is 12.4 Å². The van der Waals surface area contributed by atoms with E-state index in [0.717, 1.165) is 30.7 Å². The van der Waals surface area contributed by atoms with Gasteiger partial charge in [0, 0.05) is 18.0 Å². The first-order chi connectivity index (χ1) is 10.2. The van der Waals surface area contributed by atoms with Crippen LogP contribution in [-0.2, 0) is 4.79 Å². The van der Waals surface area contributed by atoms with Gasteiger partial charge < -0.3 is 15.4 Å². The van der Waals surface area contributed by atoms with Crippen LogP contribution in [0.5, 0.6) is 5.75 Å². The maximum absolute atomic E-state index is 12.2. The number of benzene rings is 1. The van der Waals surface area contributed by atoms with Crippen molar-refractivity contribution < 1.29 is 9.53 Å². The lowest BCUT2D eigenvalue weighted by molar-refractivity contribution is -0.122. The third kappa shape index (κ3) is 5.18. The molecule has 1 fully saturated rings. The summed E-state index contributed by atoms with van der Waals surface area (Å²) in [6.07, 6.45) is 3.68. The molecule has 2 unspecified atom stereocenters. The van der Waals surface area contributed by atoms with Gasteiger partial charge in [0.2, 0.25) is 5.91 Å². The number of nitrogens with one attached hydrogen (secondary N) is 2. The Bertz CT molecular complexity index is 462. The highest BCUT2D eigenvalue weighted by molar-refractivity contribution is 5.85. The zero-order valence-corrected chi connectivity index (χ0v) is 14.2. The number of ether oxygens (including phenoxy) is 1. The van der Waals surface area contributed by atoms with Crippen molar-refractivity contribution in [1.82, 2.24) is 10.6 Å². The summed E-state index contributed by atoms with van der Waals surface area (Å²) in [7, 11) is 0. The first-order valence-corrected chi connectivity index (χ1v) is 7.99. The second-order valence-corrected chi connectivity index (χ2v) is 5.50. The molecule has 124 valence electrons. The van der Waals surface area contributed by atoms with E-state index in [1.807, 2.05) is 31.2 Å². The van der Waals surface area contributed by atoms with E-state index in [9.17, 15) is 4.79 Å². The molecule has 1 aromatic rings. The maximum Gasteiger partial charge on any atom is 0.222 e. The largest absolute Gasteiger partial charge is 0.494 e. The number of hydrogen-bond donors (Lipinski definition) is 2. The van der Waals surface area contributed by atoms with Crippen molar-refractivity contribution in [3.05, 3.63) is 29.8 Å². The summed E-state index contributed by atoms with van der Waals surface area (Å²) in [5, 5.41) is 6.51. The molecule has 1 heterocycles. The molecule has 1 aliphatic heterocycles. The number of amides is 1. The predicted octanol–water partition coefficient (Wildman–Crippen LogP) is 3.22. The zero-order chi connectivity index (χ0) is 15.1. The topological polar surface area (TPSA) is 50.4 Å². The van der Waals surface area contributed by atoms with E-state index in [1.54, 1.807) is 0 Å². The van der Waals surface area contributed by atoms with Crippen LogP contribution in [0.25, 0.3) is 0 Å². The van der Waals surface area contributed by atoms with Gasteiger partial charge in [0.05, 0.1) is 12.6 Å². The lowest BCUT2D eigenvalue weighted by Crippen LogP contribution is -2.34. The van der Waals surface area contributed by atoms with Crippen molar-refractivity contribution in [3.8, 4) is 5.75 Å². The van der Waals surface area contributed by atoms with Gasteiger partial charge in [-0.15, -0.1) is 12.4 Å². The van der Waals surface area contributed by atoms with E-state index < -0.39 is 0 Å². The van der Waals surface area contributed by atoms with E-state index >= 15 is 0 Å². The summed E-state index contributed by atoms with van der Waals surface area (Å²) < 4.78 is 5.67. The molecule has 0 bridgehead atoms. The van der Waals surface area contributed by atoms with Gasteiger partial charge in [0.1, 0.15) is 5.75 Å². The summed E-state index contributed by atoms with van der Waals surface area (Å²) in [5.41, 5.74) is 1.06. The number of carbonyl (C=O) groups is 1. The fourth-order valence-corrected chi connectivity index (χ4v) is 2.86. The van der Waals surface area contributed by atoms with Gasteiger partial charge in [-0.25, -0.2) is 0 Å². The summed E-state index contributed by atoms with van der Waals surface area (Å²) in [5.74, 6) is 0.985.